The normalized spacial score (nSPS) is 12.7. The molecule has 0 aliphatic rings. The Morgan fingerprint density at radius 3 is 2.59 bits per heavy atom. The number of thiophene rings is 1. The molecule has 0 aliphatic carbocycles. The Balaban J connectivity index is 2.15. The van der Waals surface area contributed by atoms with Crippen molar-refractivity contribution in [3.63, 3.8) is 0 Å². The molecule has 1 aromatic heterocycles. The van der Waals surface area contributed by atoms with E-state index in [0.29, 0.717) is 11.4 Å². The number of halogens is 3. The van der Waals surface area contributed by atoms with E-state index < -0.39 is 6.10 Å². The number of hydrogen-bond acceptors (Lipinski definition) is 2. The largest absolute Gasteiger partial charge is 0.387 e. The summed E-state index contributed by atoms with van der Waals surface area (Å²) in [6.45, 7) is 0. The van der Waals surface area contributed by atoms with Crippen LogP contribution in [0.1, 0.15) is 16.5 Å². The summed E-state index contributed by atoms with van der Waals surface area (Å²) in [7, 11) is 0. The Morgan fingerprint density at radius 2 is 2.00 bits per heavy atom. The fraction of sp³-hybridized carbons (Fsp3) is 0.167. The predicted molar refractivity (Wildman–Crippen MR) is 79.8 cm³/mol. The number of hydrogen-bond donors (Lipinski definition) is 1. The summed E-state index contributed by atoms with van der Waals surface area (Å²) in [5.74, 6) is 0. The molecule has 1 nitrogen and oxygen atoms in total. The highest BCUT2D eigenvalue weighted by atomic mass is 79.9. The van der Waals surface area contributed by atoms with Gasteiger partial charge in [0.15, 0.2) is 0 Å². The second kappa shape index (κ2) is 5.85. The molecule has 0 bridgehead atoms. The van der Waals surface area contributed by atoms with Crippen LogP contribution in [0.15, 0.2) is 38.6 Å². The lowest BCUT2D eigenvalue weighted by molar-refractivity contribution is 0.182. The fourth-order valence-electron chi connectivity index (χ4n) is 1.50. The first kappa shape index (κ1) is 13.6. The van der Waals surface area contributed by atoms with Gasteiger partial charge in [0.2, 0.25) is 0 Å². The SMILES string of the molecule is OC(Cc1ccc(Br)cc1Cl)c1ccc(Br)s1. The van der Waals surface area contributed by atoms with Crippen LogP contribution < -0.4 is 0 Å². The van der Waals surface area contributed by atoms with Gasteiger partial charge in [-0.25, -0.2) is 0 Å². The first-order valence-electron chi connectivity index (χ1n) is 4.93. The Labute approximate surface area is 126 Å². The van der Waals surface area contributed by atoms with E-state index in [-0.39, 0.29) is 0 Å². The lowest BCUT2D eigenvalue weighted by Crippen LogP contribution is -2.00. The zero-order valence-corrected chi connectivity index (χ0v) is 13.4. The molecule has 1 atom stereocenters. The lowest BCUT2D eigenvalue weighted by atomic mass is 10.1. The van der Waals surface area contributed by atoms with Gasteiger partial charge in [0, 0.05) is 20.8 Å². The first-order chi connectivity index (χ1) is 8.06. The van der Waals surface area contributed by atoms with Crippen LogP contribution in [-0.4, -0.2) is 5.11 Å². The van der Waals surface area contributed by atoms with E-state index in [1.54, 1.807) is 0 Å². The van der Waals surface area contributed by atoms with E-state index in [1.807, 2.05) is 30.3 Å². The van der Waals surface area contributed by atoms with Crippen LogP contribution in [0.2, 0.25) is 5.02 Å². The smallest absolute Gasteiger partial charge is 0.0923 e. The van der Waals surface area contributed by atoms with Crippen LogP contribution in [0.4, 0.5) is 0 Å². The summed E-state index contributed by atoms with van der Waals surface area (Å²) in [5.41, 5.74) is 0.951. The highest BCUT2D eigenvalue weighted by molar-refractivity contribution is 9.11. The summed E-state index contributed by atoms with van der Waals surface area (Å²) < 4.78 is 1.97. The highest BCUT2D eigenvalue weighted by Crippen LogP contribution is 2.31. The third-order valence-corrected chi connectivity index (χ3v) is 4.92. The molecule has 1 heterocycles. The summed E-state index contributed by atoms with van der Waals surface area (Å²) in [4.78, 5) is 0.941. The zero-order valence-electron chi connectivity index (χ0n) is 8.66. The van der Waals surface area contributed by atoms with Crippen LogP contribution in [0.5, 0.6) is 0 Å². The molecule has 17 heavy (non-hydrogen) atoms. The fourth-order valence-corrected chi connectivity index (χ4v) is 3.66. The van der Waals surface area contributed by atoms with Crippen LogP contribution >= 0.6 is 54.8 Å². The molecule has 90 valence electrons. The van der Waals surface area contributed by atoms with E-state index in [1.165, 1.54) is 11.3 Å². The van der Waals surface area contributed by atoms with Crippen molar-refractivity contribution in [2.75, 3.05) is 0 Å². The highest BCUT2D eigenvalue weighted by Gasteiger charge is 2.13. The average molecular weight is 397 g/mol. The molecule has 1 N–H and O–H groups in total. The van der Waals surface area contributed by atoms with Crippen molar-refractivity contribution in [1.82, 2.24) is 0 Å². The van der Waals surface area contributed by atoms with Crippen molar-refractivity contribution >= 4 is 54.8 Å². The standard InChI is InChI=1S/C12H9Br2ClOS/c13-8-2-1-7(9(15)6-8)5-10(16)11-3-4-12(14)17-11/h1-4,6,10,16H,5H2. The summed E-state index contributed by atoms with van der Waals surface area (Å²) in [6.07, 6.45) is 0.0176. The molecule has 2 rings (SSSR count). The topological polar surface area (TPSA) is 20.2 Å². The zero-order chi connectivity index (χ0) is 12.4. The minimum absolute atomic E-state index is 0.509. The van der Waals surface area contributed by atoms with E-state index in [0.717, 1.165) is 18.7 Å². The van der Waals surface area contributed by atoms with E-state index in [2.05, 4.69) is 31.9 Å². The van der Waals surface area contributed by atoms with Gasteiger partial charge in [0.1, 0.15) is 0 Å². The monoisotopic (exact) mass is 394 g/mol. The number of benzene rings is 1. The molecule has 5 heteroatoms. The van der Waals surface area contributed by atoms with Crippen LogP contribution in [0.25, 0.3) is 0 Å². The Hall–Kier alpha value is 0.130. The first-order valence-corrected chi connectivity index (χ1v) is 7.71. The van der Waals surface area contributed by atoms with Crippen molar-refractivity contribution in [2.45, 2.75) is 12.5 Å². The second-order valence-corrected chi connectivity index (χ2v) is 7.41. The van der Waals surface area contributed by atoms with E-state index in [4.69, 9.17) is 11.6 Å². The predicted octanol–water partition coefficient (Wildman–Crippen LogP) is 5.20. The minimum atomic E-state index is -0.509. The maximum atomic E-state index is 10.1. The van der Waals surface area contributed by atoms with Gasteiger partial charge in [-0.2, -0.15) is 0 Å². The maximum absolute atomic E-state index is 10.1. The van der Waals surface area contributed by atoms with Gasteiger partial charge in [-0.15, -0.1) is 11.3 Å². The van der Waals surface area contributed by atoms with Crippen LogP contribution in [0.3, 0.4) is 0 Å². The van der Waals surface area contributed by atoms with Gasteiger partial charge in [-0.1, -0.05) is 33.6 Å². The van der Waals surface area contributed by atoms with E-state index in [9.17, 15) is 5.11 Å². The second-order valence-electron chi connectivity index (χ2n) is 3.60. The van der Waals surface area contributed by atoms with Crippen molar-refractivity contribution < 1.29 is 5.11 Å². The molecule has 0 fully saturated rings. The van der Waals surface area contributed by atoms with Gasteiger partial charge in [0.25, 0.3) is 0 Å². The summed E-state index contributed by atoms with van der Waals surface area (Å²) in [5, 5.41) is 10.8. The average Bonchev–Trinajstić information content (AvgIpc) is 2.69. The number of aliphatic hydroxyl groups excluding tert-OH is 1. The molecule has 0 saturated heterocycles. The van der Waals surface area contributed by atoms with Crippen LogP contribution in [0, 0.1) is 0 Å². The molecule has 1 aromatic carbocycles. The van der Waals surface area contributed by atoms with Gasteiger partial charge < -0.3 is 5.11 Å². The third kappa shape index (κ3) is 3.55. The van der Waals surface area contributed by atoms with Gasteiger partial charge >= 0.3 is 0 Å². The molecule has 0 amide bonds. The van der Waals surface area contributed by atoms with Crippen molar-refractivity contribution in [2.24, 2.45) is 0 Å². The molecule has 0 spiro atoms. The Kier molecular flexibility index (Phi) is 4.66. The summed E-state index contributed by atoms with van der Waals surface area (Å²) >= 11 is 14.4. The number of aliphatic hydroxyl groups is 1. The van der Waals surface area contributed by atoms with Crippen LogP contribution in [-0.2, 0) is 6.42 Å². The Morgan fingerprint density at radius 1 is 1.24 bits per heavy atom. The quantitative estimate of drug-likeness (QED) is 0.756. The maximum Gasteiger partial charge on any atom is 0.0923 e. The molecular weight excluding hydrogens is 387 g/mol. The molecule has 2 aromatic rings. The minimum Gasteiger partial charge on any atom is -0.387 e. The van der Waals surface area contributed by atoms with Gasteiger partial charge in [-0.05, 0) is 45.8 Å². The summed E-state index contributed by atoms with van der Waals surface area (Å²) in [6, 6.07) is 9.56. The van der Waals surface area contributed by atoms with Gasteiger partial charge in [0.05, 0.1) is 9.89 Å². The molecule has 0 aliphatic heterocycles. The van der Waals surface area contributed by atoms with Crippen molar-refractivity contribution in [3.05, 3.63) is 54.1 Å². The molecule has 1 unspecified atom stereocenters. The van der Waals surface area contributed by atoms with Crippen molar-refractivity contribution in [3.8, 4) is 0 Å². The third-order valence-electron chi connectivity index (χ3n) is 2.35. The lowest BCUT2D eigenvalue weighted by Gasteiger charge is -2.10. The molecule has 0 saturated carbocycles. The van der Waals surface area contributed by atoms with Gasteiger partial charge in [-0.3, -0.25) is 0 Å². The van der Waals surface area contributed by atoms with E-state index >= 15 is 0 Å². The molecule has 0 radical (unpaired) electrons. The van der Waals surface area contributed by atoms with Crippen molar-refractivity contribution in [1.29, 1.82) is 0 Å². The molecular formula is C12H9Br2ClOS. The Bertz CT molecular complexity index is 527. The number of rotatable bonds is 3.